The molecule has 0 fully saturated rings. The summed E-state index contributed by atoms with van der Waals surface area (Å²) in [6, 6.07) is 13.2. The number of methoxy groups -OCH3 is 1. The van der Waals surface area contributed by atoms with E-state index in [1.165, 1.54) is 0 Å². The van der Waals surface area contributed by atoms with Crippen LogP contribution in [0.15, 0.2) is 42.5 Å². The van der Waals surface area contributed by atoms with Gasteiger partial charge in [0.05, 0.1) is 25.0 Å². The average molecular weight is 369 g/mol. The van der Waals surface area contributed by atoms with E-state index in [2.05, 4.69) is 5.32 Å². The van der Waals surface area contributed by atoms with Crippen molar-refractivity contribution in [2.45, 2.75) is 34.1 Å². The van der Waals surface area contributed by atoms with Crippen molar-refractivity contribution in [3.8, 4) is 5.75 Å². The molecule has 2 aromatic rings. The van der Waals surface area contributed by atoms with Crippen LogP contribution >= 0.6 is 0 Å². The first kappa shape index (κ1) is 20.5. The number of anilines is 1. The molecule has 0 aliphatic heterocycles. The van der Waals surface area contributed by atoms with Crippen LogP contribution in [0.4, 0.5) is 5.69 Å². The Balaban J connectivity index is 2.30. The fraction of sp³-hybridized carbons (Fsp3) is 0.364. The van der Waals surface area contributed by atoms with Gasteiger partial charge in [0.2, 0.25) is 5.91 Å². The molecule has 0 radical (unpaired) electrons. The third kappa shape index (κ3) is 5.58. The van der Waals surface area contributed by atoms with Crippen molar-refractivity contribution in [3.63, 3.8) is 0 Å². The SMILES string of the molecule is CCOC(=O)c1cc(Cc2ccc(OC)cc2)ccc1NC(=O)C(C)(C)C. The standard InChI is InChI=1S/C22H27NO4/c1-6-27-20(24)18-14-16(13-15-7-10-17(26-5)11-8-15)9-12-19(18)23-21(25)22(2,3)4/h7-12,14H,6,13H2,1-5H3,(H,23,25). The number of esters is 1. The van der Waals surface area contributed by atoms with Gasteiger partial charge in [-0.25, -0.2) is 4.79 Å². The molecule has 27 heavy (non-hydrogen) atoms. The van der Waals surface area contributed by atoms with Gasteiger partial charge in [-0.05, 0) is 48.7 Å². The summed E-state index contributed by atoms with van der Waals surface area (Å²) in [5.41, 5.74) is 2.31. The highest BCUT2D eigenvalue weighted by atomic mass is 16.5. The van der Waals surface area contributed by atoms with Crippen LogP contribution in [-0.2, 0) is 16.0 Å². The molecule has 0 saturated carbocycles. The quantitative estimate of drug-likeness (QED) is 0.764. The number of hydrogen-bond acceptors (Lipinski definition) is 4. The smallest absolute Gasteiger partial charge is 0.340 e. The topological polar surface area (TPSA) is 64.6 Å². The van der Waals surface area contributed by atoms with Crippen LogP contribution in [0.3, 0.4) is 0 Å². The zero-order chi connectivity index (χ0) is 20.0. The number of rotatable bonds is 6. The summed E-state index contributed by atoms with van der Waals surface area (Å²) in [5.74, 6) is 0.195. The molecule has 0 aromatic heterocycles. The second-order valence-corrected chi connectivity index (χ2v) is 7.33. The zero-order valence-corrected chi connectivity index (χ0v) is 16.6. The fourth-order valence-electron chi connectivity index (χ4n) is 2.48. The summed E-state index contributed by atoms with van der Waals surface area (Å²) >= 11 is 0. The molecule has 0 heterocycles. The van der Waals surface area contributed by atoms with E-state index in [1.54, 1.807) is 26.2 Å². The number of ether oxygens (including phenoxy) is 2. The Morgan fingerprint density at radius 2 is 1.63 bits per heavy atom. The minimum atomic E-state index is -0.562. The van der Waals surface area contributed by atoms with E-state index < -0.39 is 11.4 Å². The summed E-state index contributed by atoms with van der Waals surface area (Å²) in [7, 11) is 1.63. The van der Waals surface area contributed by atoms with Gasteiger partial charge < -0.3 is 14.8 Å². The third-order valence-corrected chi connectivity index (χ3v) is 4.08. The first-order valence-corrected chi connectivity index (χ1v) is 8.99. The van der Waals surface area contributed by atoms with E-state index in [9.17, 15) is 9.59 Å². The first-order chi connectivity index (χ1) is 12.7. The molecule has 0 saturated heterocycles. The van der Waals surface area contributed by atoms with Gasteiger partial charge in [-0.15, -0.1) is 0 Å². The van der Waals surface area contributed by atoms with Crippen molar-refractivity contribution in [2.24, 2.45) is 5.41 Å². The molecule has 2 aromatic carbocycles. The van der Waals surface area contributed by atoms with Gasteiger partial charge >= 0.3 is 5.97 Å². The van der Waals surface area contributed by atoms with Crippen LogP contribution in [0.1, 0.15) is 49.2 Å². The average Bonchev–Trinajstić information content (AvgIpc) is 2.63. The molecular formula is C22H27NO4. The molecule has 1 amide bonds. The maximum atomic E-state index is 12.4. The van der Waals surface area contributed by atoms with E-state index in [-0.39, 0.29) is 12.5 Å². The van der Waals surface area contributed by atoms with Gasteiger partial charge in [0.25, 0.3) is 0 Å². The van der Waals surface area contributed by atoms with E-state index in [1.807, 2.05) is 51.1 Å². The van der Waals surface area contributed by atoms with Crippen molar-refractivity contribution in [3.05, 3.63) is 59.2 Å². The maximum Gasteiger partial charge on any atom is 0.340 e. The van der Waals surface area contributed by atoms with Crippen molar-refractivity contribution in [1.82, 2.24) is 0 Å². The highest BCUT2D eigenvalue weighted by Crippen LogP contribution is 2.24. The van der Waals surface area contributed by atoms with Crippen LogP contribution in [0.2, 0.25) is 0 Å². The van der Waals surface area contributed by atoms with E-state index in [0.29, 0.717) is 17.7 Å². The molecule has 0 atom stereocenters. The normalized spacial score (nSPS) is 11.0. The van der Waals surface area contributed by atoms with Gasteiger partial charge in [0.15, 0.2) is 0 Å². The van der Waals surface area contributed by atoms with Gasteiger partial charge in [-0.1, -0.05) is 39.0 Å². The number of nitrogens with one attached hydrogen (secondary N) is 1. The summed E-state index contributed by atoms with van der Waals surface area (Å²) in [4.78, 5) is 24.7. The predicted molar refractivity (Wildman–Crippen MR) is 106 cm³/mol. The minimum absolute atomic E-state index is 0.157. The Morgan fingerprint density at radius 1 is 1.00 bits per heavy atom. The lowest BCUT2D eigenvalue weighted by Gasteiger charge is -2.19. The molecule has 144 valence electrons. The van der Waals surface area contributed by atoms with E-state index >= 15 is 0 Å². The third-order valence-electron chi connectivity index (χ3n) is 4.08. The molecular weight excluding hydrogens is 342 g/mol. The van der Waals surface area contributed by atoms with Crippen LogP contribution in [0, 0.1) is 5.41 Å². The Kier molecular flexibility index (Phi) is 6.61. The predicted octanol–water partition coefficient (Wildman–Crippen LogP) is 4.45. The van der Waals surface area contributed by atoms with E-state index in [0.717, 1.165) is 16.9 Å². The van der Waals surface area contributed by atoms with Crippen molar-refractivity contribution < 1.29 is 19.1 Å². The lowest BCUT2D eigenvalue weighted by Crippen LogP contribution is -2.28. The molecule has 0 aliphatic rings. The molecule has 0 unspecified atom stereocenters. The van der Waals surface area contributed by atoms with Crippen LogP contribution in [-0.4, -0.2) is 25.6 Å². The summed E-state index contributed by atoms with van der Waals surface area (Å²) < 4.78 is 10.3. The minimum Gasteiger partial charge on any atom is -0.497 e. The molecule has 2 rings (SSSR count). The second kappa shape index (κ2) is 8.71. The molecule has 0 spiro atoms. The molecule has 0 aliphatic carbocycles. The van der Waals surface area contributed by atoms with Gasteiger partial charge in [-0.2, -0.15) is 0 Å². The summed E-state index contributed by atoms with van der Waals surface area (Å²) in [6.07, 6.45) is 0.657. The Bertz CT molecular complexity index is 804. The Labute approximate surface area is 160 Å². The summed E-state index contributed by atoms with van der Waals surface area (Å²) in [6.45, 7) is 7.50. The van der Waals surface area contributed by atoms with Crippen molar-refractivity contribution in [1.29, 1.82) is 0 Å². The lowest BCUT2D eigenvalue weighted by atomic mass is 9.95. The number of carbonyl (C=O) groups excluding carboxylic acids is 2. The highest BCUT2D eigenvalue weighted by molar-refractivity contribution is 6.02. The molecule has 5 heteroatoms. The van der Waals surface area contributed by atoms with Crippen LogP contribution in [0.5, 0.6) is 5.75 Å². The number of hydrogen-bond donors (Lipinski definition) is 1. The largest absolute Gasteiger partial charge is 0.497 e. The molecule has 0 bridgehead atoms. The highest BCUT2D eigenvalue weighted by Gasteiger charge is 2.23. The molecule has 1 N–H and O–H groups in total. The van der Waals surface area contributed by atoms with Crippen LogP contribution in [0.25, 0.3) is 0 Å². The first-order valence-electron chi connectivity index (χ1n) is 8.99. The number of carbonyl (C=O) groups is 2. The van der Waals surface area contributed by atoms with Gasteiger partial charge in [-0.3, -0.25) is 4.79 Å². The maximum absolute atomic E-state index is 12.4. The van der Waals surface area contributed by atoms with Crippen molar-refractivity contribution >= 4 is 17.6 Å². The fourth-order valence-corrected chi connectivity index (χ4v) is 2.48. The Morgan fingerprint density at radius 3 is 2.19 bits per heavy atom. The second-order valence-electron chi connectivity index (χ2n) is 7.33. The monoisotopic (exact) mass is 369 g/mol. The molecule has 5 nitrogen and oxygen atoms in total. The van der Waals surface area contributed by atoms with Crippen LogP contribution < -0.4 is 10.1 Å². The van der Waals surface area contributed by atoms with E-state index in [4.69, 9.17) is 9.47 Å². The number of benzene rings is 2. The lowest BCUT2D eigenvalue weighted by molar-refractivity contribution is -0.123. The summed E-state index contributed by atoms with van der Waals surface area (Å²) in [5, 5.41) is 2.84. The number of amides is 1. The van der Waals surface area contributed by atoms with Gasteiger partial charge in [0.1, 0.15) is 5.75 Å². The Hall–Kier alpha value is -2.82. The van der Waals surface area contributed by atoms with Crippen molar-refractivity contribution in [2.75, 3.05) is 19.0 Å². The zero-order valence-electron chi connectivity index (χ0n) is 16.6. The van der Waals surface area contributed by atoms with Gasteiger partial charge in [0, 0.05) is 5.41 Å².